The van der Waals surface area contributed by atoms with Crippen molar-refractivity contribution in [3.63, 3.8) is 0 Å². The van der Waals surface area contributed by atoms with Crippen molar-refractivity contribution in [2.24, 2.45) is 0 Å². The molecule has 1 aliphatic heterocycles. The number of halogens is 2. The summed E-state index contributed by atoms with van der Waals surface area (Å²) in [5, 5.41) is 4.40. The van der Waals surface area contributed by atoms with Gasteiger partial charge in [-0.3, -0.25) is 4.90 Å². The van der Waals surface area contributed by atoms with Crippen molar-refractivity contribution in [2.45, 2.75) is 25.4 Å². The molecule has 118 valence electrons. The summed E-state index contributed by atoms with van der Waals surface area (Å²) in [4.78, 5) is 8.34. The van der Waals surface area contributed by atoms with E-state index in [4.69, 9.17) is 16.1 Å². The third-order valence-electron chi connectivity index (χ3n) is 3.90. The van der Waals surface area contributed by atoms with Crippen LogP contribution < -0.4 is 4.90 Å². The molecule has 1 aromatic carbocycles. The highest BCUT2D eigenvalue weighted by atomic mass is 35.5. The molecule has 0 saturated carbocycles. The lowest BCUT2D eigenvalue weighted by Gasteiger charge is -2.22. The van der Waals surface area contributed by atoms with Crippen molar-refractivity contribution < 1.29 is 8.91 Å². The number of hydrogen-bond acceptors (Lipinski definition) is 5. The molecule has 0 N–H and O–H groups in total. The molecule has 5 nitrogen and oxygen atoms in total. The highest BCUT2D eigenvalue weighted by Crippen LogP contribution is 2.34. The number of benzene rings is 1. The van der Waals surface area contributed by atoms with Crippen LogP contribution in [0.4, 0.5) is 10.3 Å². The topological polar surface area (TPSA) is 45.4 Å². The average molecular weight is 325 g/mol. The fourth-order valence-corrected chi connectivity index (χ4v) is 2.95. The molecular formula is C15H18ClFN4O. The van der Waals surface area contributed by atoms with Crippen LogP contribution in [0.3, 0.4) is 0 Å². The lowest BCUT2D eigenvalue weighted by atomic mass is 10.1. The third-order valence-corrected chi connectivity index (χ3v) is 4.26. The number of rotatable bonds is 4. The molecule has 0 aliphatic carbocycles. The predicted octanol–water partition coefficient (Wildman–Crippen LogP) is 3.27. The Kier molecular flexibility index (Phi) is 4.31. The first-order valence-corrected chi connectivity index (χ1v) is 7.62. The van der Waals surface area contributed by atoms with E-state index in [2.05, 4.69) is 15.0 Å². The number of nitrogens with zero attached hydrogens (tertiary/aromatic N) is 4. The van der Waals surface area contributed by atoms with Crippen LogP contribution in [-0.4, -0.2) is 35.7 Å². The fraction of sp³-hybridized carbons (Fsp3) is 0.467. The Morgan fingerprint density at radius 1 is 1.45 bits per heavy atom. The Balaban J connectivity index is 1.81. The smallest absolute Gasteiger partial charge is 0.265 e. The summed E-state index contributed by atoms with van der Waals surface area (Å²) >= 11 is 6.12. The molecule has 0 unspecified atom stereocenters. The van der Waals surface area contributed by atoms with E-state index in [1.165, 1.54) is 6.07 Å². The zero-order chi connectivity index (χ0) is 15.7. The highest BCUT2D eigenvalue weighted by molar-refractivity contribution is 6.31. The molecule has 1 aromatic heterocycles. The van der Waals surface area contributed by atoms with Crippen molar-refractivity contribution in [2.75, 3.05) is 25.5 Å². The van der Waals surface area contributed by atoms with Crippen LogP contribution in [0.25, 0.3) is 0 Å². The van der Waals surface area contributed by atoms with Gasteiger partial charge >= 0.3 is 0 Å². The first kappa shape index (κ1) is 15.2. The van der Waals surface area contributed by atoms with E-state index in [0.29, 0.717) is 29.0 Å². The molecule has 22 heavy (non-hydrogen) atoms. The summed E-state index contributed by atoms with van der Waals surface area (Å²) in [5.74, 6) is 0.845. The first-order chi connectivity index (χ1) is 10.6. The predicted molar refractivity (Wildman–Crippen MR) is 82.4 cm³/mol. The molecule has 7 heteroatoms. The van der Waals surface area contributed by atoms with Crippen LogP contribution in [0.2, 0.25) is 5.02 Å². The second kappa shape index (κ2) is 6.22. The summed E-state index contributed by atoms with van der Waals surface area (Å²) in [6.07, 6.45) is 1.93. The molecular weight excluding hydrogens is 307 g/mol. The molecule has 0 amide bonds. The maximum absolute atomic E-state index is 14.0. The number of likely N-dealkylation sites (tertiary alicyclic amines) is 1. The van der Waals surface area contributed by atoms with Gasteiger partial charge in [-0.25, -0.2) is 4.39 Å². The van der Waals surface area contributed by atoms with Gasteiger partial charge in [-0.2, -0.15) is 4.98 Å². The maximum Gasteiger partial charge on any atom is 0.265 e. The average Bonchev–Trinajstić information content (AvgIpc) is 3.11. The zero-order valence-electron chi connectivity index (χ0n) is 12.6. The van der Waals surface area contributed by atoms with Gasteiger partial charge in [-0.1, -0.05) is 17.7 Å². The van der Waals surface area contributed by atoms with Crippen LogP contribution >= 0.6 is 11.6 Å². The van der Waals surface area contributed by atoms with Crippen LogP contribution in [-0.2, 0) is 6.54 Å². The summed E-state index contributed by atoms with van der Waals surface area (Å²) < 4.78 is 19.3. The Labute approximate surface area is 133 Å². The first-order valence-electron chi connectivity index (χ1n) is 7.24. The Bertz CT molecular complexity index is 640. The van der Waals surface area contributed by atoms with Gasteiger partial charge in [0.05, 0.1) is 6.04 Å². The SMILES string of the molecule is CN(C)c1noc([C@H]2CCCN2Cc2c(F)cccc2Cl)n1. The molecule has 1 atom stereocenters. The van der Waals surface area contributed by atoms with Crippen LogP contribution in [0.1, 0.15) is 30.3 Å². The van der Waals surface area contributed by atoms with Crippen molar-refractivity contribution in [3.8, 4) is 0 Å². The van der Waals surface area contributed by atoms with Crippen LogP contribution in [0, 0.1) is 5.82 Å². The molecule has 1 fully saturated rings. The quantitative estimate of drug-likeness (QED) is 0.863. The van der Waals surface area contributed by atoms with E-state index < -0.39 is 0 Å². The van der Waals surface area contributed by atoms with Crippen molar-refractivity contribution >= 4 is 17.5 Å². The summed E-state index contributed by atoms with van der Waals surface area (Å²) in [6, 6.07) is 4.77. The minimum Gasteiger partial charge on any atom is -0.344 e. The molecule has 1 aliphatic rings. The van der Waals surface area contributed by atoms with E-state index in [0.717, 1.165) is 19.4 Å². The largest absolute Gasteiger partial charge is 0.344 e. The Morgan fingerprint density at radius 2 is 2.27 bits per heavy atom. The van der Waals surface area contributed by atoms with Crippen LogP contribution in [0.5, 0.6) is 0 Å². The van der Waals surface area contributed by atoms with Gasteiger partial charge in [0, 0.05) is 31.2 Å². The van der Waals surface area contributed by atoms with E-state index in [-0.39, 0.29) is 11.9 Å². The molecule has 0 bridgehead atoms. The molecule has 1 saturated heterocycles. The van der Waals surface area contributed by atoms with E-state index >= 15 is 0 Å². The number of aromatic nitrogens is 2. The monoisotopic (exact) mass is 324 g/mol. The molecule has 2 heterocycles. The van der Waals surface area contributed by atoms with Gasteiger partial charge in [0.2, 0.25) is 5.89 Å². The summed E-state index contributed by atoms with van der Waals surface area (Å²) in [6.45, 7) is 1.30. The van der Waals surface area contributed by atoms with E-state index in [9.17, 15) is 4.39 Å². The number of hydrogen-bond donors (Lipinski definition) is 0. The van der Waals surface area contributed by atoms with Crippen LogP contribution in [0.15, 0.2) is 22.7 Å². The third kappa shape index (κ3) is 2.94. The van der Waals surface area contributed by atoms with Gasteiger partial charge in [0.15, 0.2) is 0 Å². The molecule has 3 rings (SSSR count). The lowest BCUT2D eigenvalue weighted by molar-refractivity contribution is 0.199. The number of anilines is 1. The van der Waals surface area contributed by atoms with Gasteiger partial charge < -0.3 is 9.42 Å². The van der Waals surface area contributed by atoms with Gasteiger partial charge in [0.1, 0.15) is 5.82 Å². The summed E-state index contributed by atoms with van der Waals surface area (Å²) in [5.41, 5.74) is 0.517. The van der Waals surface area contributed by atoms with Crippen molar-refractivity contribution in [1.82, 2.24) is 15.0 Å². The van der Waals surface area contributed by atoms with E-state index in [1.54, 1.807) is 17.0 Å². The maximum atomic E-state index is 14.0. The molecule has 0 radical (unpaired) electrons. The van der Waals surface area contributed by atoms with Gasteiger partial charge in [-0.05, 0) is 36.7 Å². The second-order valence-electron chi connectivity index (χ2n) is 5.66. The Hall–Kier alpha value is -1.66. The van der Waals surface area contributed by atoms with Crippen molar-refractivity contribution in [1.29, 1.82) is 0 Å². The van der Waals surface area contributed by atoms with E-state index in [1.807, 2.05) is 14.1 Å². The zero-order valence-corrected chi connectivity index (χ0v) is 13.3. The Morgan fingerprint density at radius 3 is 2.95 bits per heavy atom. The normalized spacial score (nSPS) is 18.8. The minimum atomic E-state index is -0.280. The van der Waals surface area contributed by atoms with Gasteiger partial charge in [0.25, 0.3) is 5.95 Å². The molecule has 2 aromatic rings. The standard InChI is InChI=1S/C15H18ClFN4O/c1-20(2)15-18-14(22-19-15)13-7-4-8-21(13)9-10-11(16)5-3-6-12(10)17/h3,5-6,13H,4,7-9H2,1-2H3/t13-/m1/s1. The minimum absolute atomic E-state index is 0.0110. The second-order valence-corrected chi connectivity index (χ2v) is 6.06. The highest BCUT2D eigenvalue weighted by Gasteiger charge is 2.31. The molecule has 0 spiro atoms. The summed E-state index contributed by atoms with van der Waals surface area (Å²) in [7, 11) is 3.72. The van der Waals surface area contributed by atoms with Gasteiger partial charge in [-0.15, -0.1) is 0 Å². The van der Waals surface area contributed by atoms with Crippen molar-refractivity contribution in [3.05, 3.63) is 40.5 Å². The lowest BCUT2D eigenvalue weighted by Crippen LogP contribution is -2.24. The fourth-order valence-electron chi connectivity index (χ4n) is 2.73.